The fourth-order valence-electron chi connectivity index (χ4n) is 2.41. The van der Waals surface area contributed by atoms with Crippen LogP contribution in [0.25, 0.3) is 0 Å². The predicted octanol–water partition coefficient (Wildman–Crippen LogP) is 1.64. The number of nitrogens with zero attached hydrogens (tertiary/aromatic N) is 1. The first-order valence-electron chi connectivity index (χ1n) is 7.28. The molecule has 0 bridgehead atoms. The number of hydrogen-bond acceptors (Lipinski definition) is 5. The van der Waals surface area contributed by atoms with Crippen LogP contribution < -0.4 is 10.2 Å². The lowest BCUT2D eigenvalue weighted by Gasteiger charge is -2.34. The maximum absolute atomic E-state index is 12.3. The Morgan fingerprint density at radius 3 is 2.68 bits per heavy atom. The van der Waals surface area contributed by atoms with E-state index in [9.17, 15) is 9.59 Å². The molecule has 0 radical (unpaired) electrons. The number of anilines is 2. The van der Waals surface area contributed by atoms with E-state index >= 15 is 0 Å². The SMILES string of the molecule is COCCOC(=O)C(C)N1C(=O)CNc2cc(C)c(C)cc21. The van der Waals surface area contributed by atoms with Crippen molar-refractivity contribution >= 4 is 23.3 Å². The lowest BCUT2D eigenvalue weighted by atomic mass is 10.0. The van der Waals surface area contributed by atoms with Crippen LogP contribution in [0.2, 0.25) is 0 Å². The van der Waals surface area contributed by atoms with Crippen LogP contribution in [-0.4, -0.2) is 44.8 Å². The van der Waals surface area contributed by atoms with Crippen LogP contribution in [0.4, 0.5) is 11.4 Å². The lowest BCUT2D eigenvalue weighted by molar-refractivity contribution is -0.147. The lowest BCUT2D eigenvalue weighted by Crippen LogP contribution is -2.49. The molecule has 1 amide bonds. The molecule has 0 fully saturated rings. The Balaban J connectivity index is 2.25. The van der Waals surface area contributed by atoms with E-state index in [4.69, 9.17) is 9.47 Å². The molecule has 120 valence electrons. The van der Waals surface area contributed by atoms with Crippen LogP contribution in [0.5, 0.6) is 0 Å². The summed E-state index contributed by atoms with van der Waals surface area (Å²) in [5.41, 5.74) is 3.78. The van der Waals surface area contributed by atoms with Crippen molar-refractivity contribution in [2.24, 2.45) is 0 Å². The summed E-state index contributed by atoms with van der Waals surface area (Å²) < 4.78 is 9.99. The number of aryl methyl sites for hydroxylation is 2. The highest BCUT2D eigenvalue weighted by atomic mass is 16.6. The number of esters is 1. The van der Waals surface area contributed by atoms with Crippen LogP contribution in [0, 0.1) is 13.8 Å². The van der Waals surface area contributed by atoms with Gasteiger partial charge in [-0.2, -0.15) is 0 Å². The molecule has 1 heterocycles. The standard InChI is InChI=1S/C16H22N2O4/c1-10-7-13-14(8-11(10)2)18(15(19)9-17-13)12(3)16(20)22-6-5-21-4/h7-8,12,17H,5-6,9H2,1-4H3. The van der Waals surface area contributed by atoms with Crippen LogP contribution in [-0.2, 0) is 19.1 Å². The molecule has 2 rings (SSSR count). The molecule has 0 aromatic heterocycles. The second kappa shape index (κ2) is 6.79. The minimum atomic E-state index is -0.674. The van der Waals surface area contributed by atoms with Crippen molar-refractivity contribution < 1.29 is 19.1 Å². The monoisotopic (exact) mass is 306 g/mol. The number of fused-ring (bicyclic) bond motifs is 1. The van der Waals surface area contributed by atoms with Gasteiger partial charge in [0, 0.05) is 7.11 Å². The van der Waals surface area contributed by atoms with Gasteiger partial charge in [-0.05, 0) is 44.0 Å². The number of carbonyl (C=O) groups is 2. The first-order valence-corrected chi connectivity index (χ1v) is 7.28. The smallest absolute Gasteiger partial charge is 0.329 e. The first kappa shape index (κ1) is 16.3. The summed E-state index contributed by atoms with van der Waals surface area (Å²) in [5, 5.41) is 3.09. The van der Waals surface area contributed by atoms with Crippen LogP contribution >= 0.6 is 0 Å². The fourth-order valence-corrected chi connectivity index (χ4v) is 2.41. The summed E-state index contributed by atoms with van der Waals surface area (Å²) in [7, 11) is 1.54. The van der Waals surface area contributed by atoms with Crippen LogP contribution in [0.15, 0.2) is 12.1 Å². The summed E-state index contributed by atoms with van der Waals surface area (Å²) in [6.07, 6.45) is 0. The second-order valence-corrected chi connectivity index (χ2v) is 5.41. The number of methoxy groups -OCH3 is 1. The Morgan fingerprint density at radius 1 is 1.32 bits per heavy atom. The fraction of sp³-hybridized carbons (Fsp3) is 0.500. The maximum atomic E-state index is 12.3. The zero-order chi connectivity index (χ0) is 16.3. The molecule has 6 nitrogen and oxygen atoms in total. The summed E-state index contributed by atoms with van der Waals surface area (Å²) in [6.45, 7) is 6.36. The van der Waals surface area contributed by atoms with Crippen molar-refractivity contribution in [1.29, 1.82) is 0 Å². The summed E-state index contributed by atoms with van der Waals surface area (Å²) in [5.74, 6) is -0.580. The Morgan fingerprint density at radius 2 is 2.00 bits per heavy atom. The van der Waals surface area contributed by atoms with E-state index in [0.717, 1.165) is 22.5 Å². The number of rotatable bonds is 5. The third-order valence-electron chi connectivity index (χ3n) is 3.83. The molecule has 0 spiro atoms. The summed E-state index contributed by atoms with van der Waals surface area (Å²) >= 11 is 0. The molecule has 1 N–H and O–H groups in total. The van der Waals surface area contributed by atoms with Gasteiger partial charge in [-0.3, -0.25) is 9.69 Å². The van der Waals surface area contributed by atoms with E-state index in [1.54, 1.807) is 14.0 Å². The molecule has 0 saturated carbocycles. The average Bonchev–Trinajstić information content (AvgIpc) is 2.48. The number of benzene rings is 1. The van der Waals surface area contributed by atoms with E-state index in [1.165, 1.54) is 4.90 Å². The van der Waals surface area contributed by atoms with E-state index in [-0.39, 0.29) is 19.1 Å². The molecule has 0 saturated heterocycles. The van der Waals surface area contributed by atoms with Crippen molar-refractivity contribution in [2.45, 2.75) is 26.8 Å². The minimum Gasteiger partial charge on any atom is -0.462 e. The number of carbonyl (C=O) groups excluding carboxylic acids is 2. The molecule has 6 heteroatoms. The number of hydrogen-bond donors (Lipinski definition) is 1. The molecule has 1 aliphatic rings. The van der Waals surface area contributed by atoms with Gasteiger partial charge in [-0.25, -0.2) is 4.79 Å². The Bertz CT molecular complexity index is 586. The van der Waals surface area contributed by atoms with Gasteiger partial charge in [-0.15, -0.1) is 0 Å². The maximum Gasteiger partial charge on any atom is 0.329 e. The quantitative estimate of drug-likeness (QED) is 0.661. The molecule has 1 aliphatic heterocycles. The Labute approximate surface area is 130 Å². The molecular weight excluding hydrogens is 284 g/mol. The zero-order valence-electron chi connectivity index (χ0n) is 13.4. The van der Waals surface area contributed by atoms with Gasteiger partial charge in [0.25, 0.3) is 0 Å². The van der Waals surface area contributed by atoms with E-state index in [0.29, 0.717) is 6.61 Å². The average molecular weight is 306 g/mol. The Kier molecular flexibility index (Phi) is 5.03. The third kappa shape index (κ3) is 3.22. The number of nitrogens with one attached hydrogen (secondary N) is 1. The largest absolute Gasteiger partial charge is 0.462 e. The molecular formula is C16H22N2O4. The van der Waals surface area contributed by atoms with Gasteiger partial charge in [0.2, 0.25) is 5.91 Å². The van der Waals surface area contributed by atoms with Crippen molar-refractivity contribution in [3.63, 3.8) is 0 Å². The first-order chi connectivity index (χ1) is 10.5. The second-order valence-electron chi connectivity index (χ2n) is 5.41. The van der Waals surface area contributed by atoms with Gasteiger partial charge in [0.05, 0.1) is 24.5 Å². The van der Waals surface area contributed by atoms with E-state index in [1.807, 2.05) is 26.0 Å². The topological polar surface area (TPSA) is 67.9 Å². The Hall–Kier alpha value is -2.08. The molecule has 0 aliphatic carbocycles. The van der Waals surface area contributed by atoms with Crippen molar-refractivity contribution in [3.8, 4) is 0 Å². The van der Waals surface area contributed by atoms with Gasteiger partial charge in [0.1, 0.15) is 12.6 Å². The highest BCUT2D eigenvalue weighted by Gasteiger charge is 2.33. The zero-order valence-corrected chi connectivity index (χ0v) is 13.4. The third-order valence-corrected chi connectivity index (χ3v) is 3.83. The molecule has 1 aromatic carbocycles. The molecule has 1 aromatic rings. The van der Waals surface area contributed by atoms with Gasteiger partial charge in [-0.1, -0.05) is 0 Å². The highest BCUT2D eigenvalue weighted by molar-refractivity contribution is 6.06. The normalized spacial score (nSPS) is 15.1. The van der Waals surface area contributed by atoms with Crippen LogP contribution in [0.3, 0.4) is 0 Å². The van der Waals surface area contributed by atoms with Gasteiger partial charge < -0.3 is 14.8 Å². The predicted molar refractivity (Wildman–Crippen MR) is 84.2 cm³/mol. The van der Waals surface area contributed by atoms with Crippen molar-refractivity contribution in [3.05, 3.63) is 23.3 Å². The minimum absolute atomic E-state index is 0.146. The van der Waals surface area contributed by atoms with Gasteiger partial charge >= 0.3 is 5.97 Å². The summed E-state index contributed by atoms with van der Waals surface area (Å²) in [4.78, 5) is 25.9. The van der Waals surface area contributed by atoms with E-state index < -0.39 is 12.0 Å². The highest BCUT2D eigenvalue weighted by Crippen LogP contribution is 2.33. The summed E-state index contributed by atoms with van der Waals surface area (Å²) in [6, 6.07) is 3.24. The van der Waals surface area contributed by atoms with Gasteiger partial charge in [0.15, 0.2) is 0 Å². The van der Waals surface area contributed by atoms with Crippen molar-refractivity contribution in [1.82, 2.24) is 0 Å². The number of ether oxygens (including phenoxy) is 2. The molecule has 22 heavy (non-hydrogen) atoms. The van der Waals surface area contributed by atoms with E-state index in [2.05, 4.69) is 5.32 Å². The van der Waals surface area contributed by atoms with Crippen LogP contribution in [0.1, 0.15) is 18.1 Å². The molecule has 1 unspecified atom stereocenters. The van der Waals surface area contributed by atoms with Crippen molar-refractivity contribution in [2.75, 3.05) is 37.1 Å². The molecule has 1 atom stereocenters. The number of amides is 1.